The molecule has 0 atom stereocenters. The maximum atomic E-state index is 11.9. The Hall–Kier alpha value is -0.0700. The first kappa shape index (κ1) is 18.0. The van der Waals surface area contributed by atoms with Crippen molar-refractivity contribution in [1.29, 1.82) is 0 Å². The van der Waals surface area contributed by atoms with Gasteiger partial charge in [0.05, 0.1) is 5.75 Å². The molecule has 118 valence electrons. The van der Waals surface area contributed by atoms with E-state index in [4.69, 9.17) is 0 Å². The van der Waals surface area contributed by atoms with Gasteiger partial charge in [0.2, 0.25) is 5.91 Å². The van der Waals surface area contributed by atoms with E-state index in [9.17, 15) is 9.00 Å². The van der Waals surface area contributed by atoms with Crippen LogP contribution >= 0.6 is 11.8 Å². The van der Waals surface area contributed by atoms with Crippen LogP contribution in [0.4, 0.5) is 0 Å². The highest BCUT2D eigenvalue weighted by Gasteiger charge is 2.30. The van der Waals surface area contributed by atoms with Crippen LogP contribution in [0.1, 0.15) is 34.6 Å². The van der Waals surface area contributed by atoms with Gasteiger partial charge in [-0.05, 0) is 13.8 Å². The fraction of sp³-hybridized carbons (Fsp3) is 0.929. The van der Waals surface area contributed by atoms with Gasteiger partial charge in [-0.1, -0.05) is 20.8 Å². The van der Waals surface area contributed by atoms with E-state index in [1.807, 2.05) is 0 Å². The zero-order valence-corrected chi connectivity index (χ0v) is 15.0. The second-order valence-electron chi connectivity index (χ2n) is 6.83. The third-order valence-corrected chi connectivity index (χ3v) is 5.94. The van der Waals surface area contributed by atoms with Gasteiger partial charge in [0.15, 0.2) is 0 Å². The minimum atomic E-state index is -0.654. The summed E-state index contributed by atoms with van der Waals surface area (Å²) in [5.41, 5.74) is -0.0767. The average Bonchev–Trinajstić information content (AvgIpc) is 2.34. The van der Waals surface area contributed by atoms with E-state index in [0.717, 1.165) is 24.6 Å². The normalized spacial score (nSPS) is 19.1. The minimum absolute atomic E-state index is 0.0767. The maximum Gasteiger partial charge on any atom is 0.230 e. The molecule has 20 heavy (non-hydrogen) atoms. The lowest BCUT2D eigenvalue weighted by Crippen LogP contribution is -2.55. The van der Waals surface area contributed by atoms with Gasteiger partial charge in [-0.3, -0.25) is 13.9 Å². The van der Waals surface area contributed by atoms with E-state index in [0.29, 0.717) is 12.3 Å². The average molecular weight is 321 g/mol. The van der Waals surface area contributed by atoms with E-state index in [1.54, 1.807) is 11.8 Å². The van der Waals surface area contributed by atoms with E-state index in [-0.39, 0.29) is 16.2 Å². The third-order valence-electron chi connectivity index (χ3n) is 3.39. The first-order valence-corrected chi connectivity index (χ1v) is 9.58. The highest BCUT2D eigenvalue weighted by Crippen LogP contribution is 2.22. The van der Waals surface area contributed by atoms with Gasteiger partial charge in [0.1, 0.15) is 0 Å². The molecule has 1 aliphatic heterocycles. The Morgan fingerprint density at radius 1 is 1.20 bits per heavy atom. The Balaban J connectivity index is 2.35. The molecule has 1 amide bonds. The number of carbonyl (C=O) groups is 1. The first-order chi connectivity index (χ1) is 9.10. The zero-order valence-electron chi connectivity index (χ0n) is 13.3. The summed E-state index contributed by atoms with van der Waals surface area (Å²) in [7, 11) is -0.654. The van der Waals surface area contributed by atoms with Crippen LogP contribution < -0.4 is 5.32 Å². The van der Waals surface area contributed by atoms with Crippen LogP contribution in [-0.4, -0.2) is 62.2 Å². The van der Waals surface area contributed by atoms with Crippen LogP contribution in [0.2, 0.25) is 0 Å². The van der Waals surface area contributed by atoms with Crippen molar-refractivity contribution >= 4 is 28.5 Å². The summed E-state index contributed by atoms with van der Waals surface area (Å²) in [6, 6.07) is 0. The molecule has 1 N–H and O–H groups in total. The zero-order chi connectivity index (χ0) is 15.4. The SMILES string of the molecule is CC(C)(C)SCC(=O)NCC(C)(C)N1CCS(=O)CC1. The molecule has 0 aromatic rings. The van der Waals surface area contributed by atoms with Gasteiger partial charge in [-0.25, -0.2) is 0 Å². The van der Waals surface area contributed by atoms with Crippen molar-refractivity contribution in [3.05, 3.63) is 0 Å². The van der Waals surface area contributed by atoms with Gasteiger partial charge in [0, 0.05) is 52.2 Å². The lowest BCUT2D eigenvalue weighted by atomic mass is 10.0. The van der Waals surface area contributed by atoms with E-state index in [1.165, 1.54) is 0 Å². The first-order valence-electron chi connectivity index (χ1n) is 7.11. The predicted molar refractivity (Wildman–Crippen MR) is 88.7 cm³/mol. The van der Waals surface area contributed by atoms with Gasteiger partial charge < -0.3 is 5.32 Å². The van der Waals surface area contributed by atoms with Crippen LogP contribution in [0.15, 0.2) is 0 Å². The van der Waals surface area contributed by atoms with Crippen LogP contribution in [0, 0.1) is 0 Å². The summed E-state index contributed by atoms with van der Waals surface area (Å²) in [6.45, 7) is 13.0. The molecular formula is C14H28N2O2S2. The van der Waals surface area contributed by atoms with Crippen molar-refractivity contribution in [2.75, 3.05) is 36.9 Å². The van der Waals surface area contributed by atoms with Gasteiger partial charge >= 0.3 is 0 Å². The third kappa shape index (κ3) is 6.59. The van der Waals surface area contributed by atoms with E-state index >= 15 is 0 Å². The standard InChI is InChI=1S/C14H28N2O2S2/c1-13(2,3)19-10-12(17)15-11-14(4,5)16-6-8-20(18)9-7-16/h6-11H2,1-5H3,(H,15,17). The highest BCUT2D eigenvalue weighted by atomic mass is 32.2. The summed E-state index contributed by atoms with van der Waals surface area (Å²) >= 11 is 1.66. The van der Waals surface area contributed by atoms with Crippen molar-refractivity contribution in [2.45, 2.75) is 44.9 Å². The number of hydrogen-bond acceptors (Lipinski definition) is 4. The number of amides is 1. The molecule has 0 spiro atoms. The molecule has 6 heteroatoms. The van der Waals surface area contributed by atoms with Crippen LogP contribution in [0.3, 0.4) is 0 Å². The number of nitrogens with one attached hydrogen (secondary N) is 1. The molecule has 1 aliphatic rings. The molecule has 0 radical (unpaired) electrons. The molecule has 1 saturated heterocycles. The summed E-state index contributed by atoms with van der Waals surface area (Å²) in [4.78, 5) is 14.2. The lowest BCUT2D eigenvalue weighted by Gasteiger charge is -2.40. The molecule has 1 rings (SSSR count). The number of carbonyl (C=O) groups excluding carboxylic acids is 1. The summed E-state index contributed by atoms with van der Waals surface area (Å²) in [6.07, 6.45) is 0. The Bertz CT molecular complexity index is 355. The fourth-order valence-corrected chi connectivity index (χ4v) is 3.72. The number of thioether (sulfide) groups is 1. The minimum Gasteiger partial charge on any atom is -0.354 e. The molecule has 1 heterocycles. The highest BCUT2D eigenvalue weighted by molar-refractivity contribution is 8.01. The van der Waals surface area contributed by atoms with Gasteiger partial charge in [-0.15, -0.1) is 11.8 Å². The van der Waals surface area contributed by atoms with Crippen molar-refractivity contribution in [3.63, 3.8) is 0 Å². The smallest absolute Gasteiger partial charge is 0.230 e. The molecule has 0 unspecified atom stereocenters. The molecule has 4 nitrogen and oxygen atoms in total. The monoisotopic (exact) mass is 320 g/mol. The second kappa shape index (κ2) is 7.27. The van der Waals surface area contributed by atoms with E-state index < -0.39 is 10.8 Å². The molecule has 0 aliphatic carbocycles. The quantitative estimate of drug-likeness (QED) is 0.833. The van der Waals surface area contributed by atoms with Gasteiger partial charge in [0.25, 0.3) is 0 Å². The molecule has 1 fully saturated rings. The Morgan fingerprint density at radius 3 is 2.25 bits per heavy atom. The van der Waals surface area contributed by atoms with Crippen molar-refractivity contribution < 1.29 is 9.00 Å². The molecule has 0 bridgehead atoms. The van der Waals surface area contributed by atoms with Gasteiger partial charge in [-0.2, -0.15) is 0 Å². The van der Waals surface area contributed by atoms with Crippen LogP contribution in [-0.2, 0) is 15.6 Å². The maximum absolute atomic E-state index is 11.9. The second-order valence-corrected chi connectivity index (χ2v) is 10.3. The molecule has 0 saturated carbocycles. The Kier molecular flexibility index (Phi) is 6.54. The van der Waals surface area contributed by atoms with Crippen molar-refractivity contribution in [3.8, 4) is 0 Å². The number of nitrogens with zero attached hydrogens (tertiary/aromatic N) is 1. The largest absolute Gasteiger partial charge is 0.354 e. The Morgan fingerprint density at radius 2 is 1.75 bits per heavy atom. The topological polar surface area (TPSA) is 49.4 Å². The fourth-order valence-electron chi connectivity index (χ4n) is 2.00. The summed E-state index contributed by atoms with van der Waals surface area (Å²) in [5, 5.41) is 3.03. The lowest BCUT2D eigenvalue weighted by molar-refractivity contribution is -0.119. The summed E-state index contributed by atoms with van der Waals surface area (Å²) < 4.78 is 11.5. The Labute approximate surface area is 129 Å². The number of hydrogen-bond donors (Lipinski definition) is 1. The summed E-state index contributed by atoms with van der Waals surface area (Å²) in [5.74, 6) is 2.09. The van der Waals surface area contributed by atoms with Crippen LogP contribution in [0.5, 0.6) is 0 Å². The van der Waals surface area contributed by atoms with Crippen LogP contribution in [0.25, 0.3) is 0 Å². The van der Waals surface area contributed by atoms with Crippen molar-refractivity contribution in [1.82, 2.24) is 10.2 Å². The van der Waals surface area contributed by atoms with E-state index in [2.05, 4.69) is 44.8 Å². The molecule has 0 aromatic heterocycles. The predicted octanol–water partition coefficient (Wildman–Crippen LogP) is 1.48. The molecular weight excluding hydrogens is 292 g/mol. The van der Waals surface area contributed by atoms with Crippen molar-refractivity contribution in [2.24, 2.45) is 0 Å². The number of rotatable bonds is 5. The molecule has 0 aromatic carbocycles.